The van der Waals surface area contributed by atoms with E-state index in [0.717, 1.165) is 17.9 Å². The topological polar surface area (TPSA) is 55.5 Å². The van der Waals surface area contributed by atoms with Crippen LogP contribution in [-0.2, 0) is 10.2 Å². The van der Waals surface area contributed by atoms with Crippen molar-refractivity contribution in [2.75, 3.05) is 13.7 Å². The fraction of sp³-hybridized carbons (Fsp3) is 0.647. The van der Waals surface area contributed by atoms with Gasteiger partial charge in [0.1, 0.15) is 0 Å². The molecule has 1 saturated carbocycles. The molecule has 2 rings (SSSR count). The van der Waals surface area contributed by atoms with E-state index < -0.39 is 5.60 Å². The van der Waals surface area contributed by atoms with Crippen molar-refractivity contribution in [2.45, 2.75) is 56.1 Å². The van der Waals surface area contributed by atoms with Crippen LogP contribution >= 0.6 is 11.6 Å². The fourth-order valence-corrected chi connectivity index (χ4v) is 3.52. The van der Waals surface area contributed by atoms with E-state index in [2.05, 4.69) is 12.1 Å². The van der Waals surface area contributed by atoms with Gasteiger partial charge >= 0.3 is 0 Å². The van der Waals surface area contributed by atoms with E-state index in [-0.39, 0.29) is 11.5 Å². The lowest BCUT2D eigenvalue weighted by Crippen LogP contribution is -2.54. The molecule has 1 fully saturated rings. The van der Waals surface area contributed by atoms with E-state index in [1.54, 1.807) is 7.11 Å². The molecule has 21 heavy (non-hydrogen) atoms. The fourth-order valence-electron chi connectivity index (χ4n) is 3.39. The van der Waals surface area contributed by atoms with Gasteiger partial charge in [0.15, 0.2) is 0 Å². The van der Waals surface area contributed by atoms with Crippen molar-refractivity contribution in [1.29, 1.82) is 0 Å². The molecule has 0 radical (unpaired) electrons. The molecule has 118 valence electrons. The third-order valence-electron chi connectivity index (χ3n) is 5.05. The van der Waals surface area contributed by atoms with Crippen molar-refractivity contribution < 1.29 is 9.84 Å². The van der Waals surface area contributed by atoms with Gasteiger partial charge in [0.05, 0.1) is 12.2 Å². The first-order valence-corrected chi connectivity index (χ1v) is 8.06. The highest BCUT2D eigenvalue weighted by Gasteiger charge is 2.46. The van der Waals surface area contributed by atoms with Crippen molar-refractivity contribution in [3.8, 4) is 0 Å². The first kappa shape index (κ1) is 16.8. The molecule has 2 atom stereocenters. The molecule has 0 saturated heterocycles. The lowest BCUT2D eigenvalue weighted by molar-refractivity contribution is -0.0523. The molecule has 0 aromatic heterocycles. The van der Waals surface area contributed by atoms with E-state index in [4.69, 9.17) is 22.1 Å². The van der Waals surface area contributed by atoms with Crippen LogP contribution in [0.5, 0.6) is 0 Å². The Morgan fingerprint density at radius 3 is 2.43 bits per heavy atom. The predicted octanol–water partition coefficient (Wildman–Crippen LogP) is 3.27. The smallest absolute Gasteiger partial charge is 0.0892 e. The van der Waals surface area contributed by atoms with Crippen LogP contribution in [0.3, 0.4) is 0 Å². The molecule has 0 aliphatic heterocycles. The summed E-state index contributed by atoms with van der Waals surface area (Å²) in [6.07, 6.45) is 4.53. The van der Waals surface area contributed by atoms with E-state index in [1.165, 1.54) is 12.0 Å². The molecule has 3 nitrogen and oxygen atoms in total. The average molecular weight is 312 g/mol. The van der Waals surface area contributed by atoms with Gasteiger partial charge in [-0.05, 0) is 43.4 Å². The molecule has 3 N–H and O–H groups in total. The summed E-state index contributed by atoms with van der Waals surface area (Å²) in [6.45, 7) is 2.30. The maximum Gasteiger partial charge on any atom is 0.0892 e. The molecular weight excluding hydrogens is 286 g/mol. The zero-order chi connectivity index (χ0) is 15.5. The van der Waals surface area contributed by atoms with Gasteiger partial charge in [-0.2, -0.15) is 0 Å². The summed E-state index contributed by atoms with van der Waals surface area (Å²) in [5.41, 5.74) is 6.89. The molecule has 1 aliphatic carbocycles. The summed E-state index contributed by atoms with van der Waals surface area (Å²) in [7, 11) is 1.62. The number of halogens is 1. The maximum absolute atomic E-state index is 10.6. The highest BCUT2D eigenvalue weighted by molar-refractivity contribution is 6.30. The molecular formula is C17H26ClNO2. The molecule has 1 aliphatic rings. The minimum absolute atomic E-state index is 0.0263. The van der Waals surface area contributed by atoms with Gasteiger partial charge in [-0.1, -0.05) is 37.1 Å². The summed E-state index contributed by atoms with van der Waals surface area (Å²) in [6, 6.07) is 7.91. The van der Waals surface area contributed by atoms with Crippen LogP contribution in [0.25, 0.3) is 0 Å². The number of hydrogen-bond acceptors (Lipinski definition) is 3. The van der Waals surface area contributed by atoms with Crippen LogP contribution in [0.2, 0.25) is 5.02 Å². The minimum Gasteiger partial charge on any atom is -0.387 e. The number of ether oxygens (including phenoxy) is 1. The van der Waals surface area contributed by atoms with Crippen LogP contribution < -0.4 is 5.73 Å². The molecule has 4 heteroatoms. The molecule has 1 aromatic rings. The summed E-state index contributed by atoms with van der Waals surface area (Å²) in [5.74, 6) is 0. The molecule has 0 spiro atoms. The van der Waals surface area contributed by atoms with E-state index >= 15 is 0 Å². The van der Waals surface area contributed by atoms with Crippen molar-refractivity contribution in [1.82, 2.24) is 0 Å². The van der Waals surface area contributed by atoms with Crippen LogP contribution in [0, 0.1) is 0 Å². The summed E-state index contributed by atoms with van der Waals surface area (Å²) >= 11 is 5.98. The Labute approximate surface area is 132 Å². The highest BCUT2D eigenvalue weighted by atomic mass is 35.5. The quantitative estimate of drug-likeness (QED) is 0.812. The van der Waals surface area contributed by atoms with Gasteiger partial charge in [0.25, 0.3) is 0 Å². The number of nitrogens with two attached hydrogens (primary N) is 1. The van der Waals surface area contributed by atoms with Crippen LogP contribution in [-0.4, -0.2) is 30.5 Å². The summed E-state index contributed by atoms with van der Waals surface area (Å²) < 4.78 is 5.16. The maximum atomic E-state index is 10.6. The Bertz CT molecular complexity index is 458. The lowest BCUT2D eigenvalue weighted by Gasteiger charge is -2.49. The zero-order valence-corrected chi connectivity index (χ0v) is 13.7. The van der Waals surface area contributed by atoms with Crippen LogP contribution in [0.4, 0.5) is 0 Å². The normalized spacial score (nSPS) is 21.4. The summed E-state index contributed by atoms with van der Waals surface area (Å²) in [4.78, 5) is 0. The van der Waals surface area contributed by atoms with Gasteiger partial charge in [0.2, 0.25) is 0 Å². The standard InChI is InChI=1S/C17H26ClNO2/c1-3-16(20,12-21-2)11-15(19)17(9-4-10-17)13-5-7-14(18)8-6-13/h5-8,15,20H,3-4,9-12,19H2,1-2H3. The highest BCUT2D eigenvalue weighted by Crippen LogP contribution is 2.47. The average Bonchev–Trinajstić information content (AvgIpc) is 2.40. The van der Waals surface area contributed by atoms with Crippen molar-refractivity contribution in [2.24, 2.45) is 5.73 Å². The first-order chi connectivity index (χ1) is 9.96. The first-order valence-electron chi connectivity index (χ1n) is 7.69. The van der Waals surface area contributed by atoms with Crippen LogP contribution in [0.1, 0.15) is 44.6 Å². The number of hydrogen-bond donors (Lipinski definition) is 2. The van der Waals surface area contributed by atoms with Gasteiger partial charge in [-0.25, -0.2) is 0 Å². The molecule has 0 bridgehead atoms. The van der Waals surface area contributed by atoms with Crippen LogP contribution in [0.15, 0.2) is 24.3 Å². The van der Waals surface area contributed by atoms with Gasteiger partial charge < -0.3 is 15.6 Å². The Morgan fingerprint density at radius 1 is 1.38 bits per heavy atom. The zero-order valence-electron chi connectivity index (χ0n) is 12.9. The Balaban J connectivity index is 2.18. The Morgan fingerprint density at radius 2 is 2.00 bits per heavy atom. The largest absolute Gasteiger partial charge is 0.387 e. The minimum atomic E-state index is -0.844. The molecule has 1 aromatic carbocycles. The third kappa shape index (κ3) is 3.42. The third-order valence-corrected chi connectivity index (χ3v) is 5.30. The monoisotopic (exact) mass is 311 g/mol. The van der Waals surface area contributed by atoms with E-state index in [1.807, 2.05) is 19.1 Å². The summed E-state index contributed by atoms with van der Waals surface area (Å²) in [5, 5.41) is 11.4. The molecule has 0 amide bonds. The Hall–Kier alpha value is -0.610. The Kier molecular flexibility index (Phi) is 5.31. The SMILES string of the molecule is CCC(O)(COC)CC(N)C1(c2ccc(Cl)cc2)CCC1. The van der Waals surface area contributed by atoms with Gasteiger partial charge in [-0.3, -0.25) is 0 Å². The molecule has 0 heterocycles. The van der Waals surface area contributed by atoms with E-state index in [9.17, 15) is 5.11 Å². The van der Waals surface area contributed by atoms with Crippen molar-refractivity contribution in [3.63, 3.8) is 0 Å². The lowest BCUT2D eigenvalue weighted by atomic mass is 9.58. The second-order valence-electron chi connectivity index (χ2n) is 6.34. The van der Waals surface area contributed by atoms with Crippen molar-refractivity contribution in [3.05, 3.63) is 34.9 Å². The predicted molar refractivity (Wildman–Crippen MR) is 86.7 cm³/mol. The second-order valence-corrected chi connectivity index (χ2v) is 6.77. The number of benzene rings is 1. The number of methoxy groups -OCH3 is 1. The van der Waals surface area contributed by atoms with Gasteiger partial charge in [0, 0.05) is 23.6 Å². The number of aliphatic hydroxyl groups is 1. The second kappa shape index (κ2) is 6.66. The van der Waals surface area contributed by atoms with E-state index in [0.29, 0.717) is 19.4 Å². The van der Waals surface area contributed by atoms with Gasteiger partial charge in [-0.15, -0.1) is 0 Å². The van der Waals surface area contributed by atoms with Crippen molar-refractivity contribution >= 4 is 11.6 Å². The number of rotatable bonds is 7. The molecule has 2 unspecified atom stereocenters.